The number of guanidine groups is 1. The number of hydrogen-bond acceptors (Lipinski definition) is 3. The van der Waals surface area contributed by atoms with Crippen LogP contribution in [0.4, 0.5) is 0 Å². The lowest BCUT2D eigenvalue weighted by molar-refractivity contribution is 0.251. The summed E-state index contributed by atoms with van der Waals surface area (Å²) in [7, 11) is 4.27. The highest BCUT2D eigenvalue weighted by molar-refractivity contribution is 5.79. The van der Waals surface area contributed by atoms with Crippen LogP contribution in [0.25, 0.3) is 0 Å². The molecule has 0 radical (unpaired) electrons. The first-order valence-electron chi connectivity index (χ1n) is 9.01. The van der Waals surface area contributed by atoms with Crippen molar-refractivity contribution in [2.45, 2.75) is 38.8 Å². The lowest BCUT2D eigenvalue weighted by Crippen LogP contribution is -2.42. The summed E-state index contributed by atoms with van der Waals surface area (Å²) in [5.74, 6) is 1.86. The van der Waals surface area contributed by atoms with Gasteiger partial charge < -0.3 is 15.0 Å². The molecule has 1 aliphatic carbocycles. The molecule has 0 amide bonds. The van der Waals surface area contributed by atoms with Gasteiger partial charge in [-0.25, -0.2) is 0 Å². The Morgan fingerprint density at radius 2 is 2.00 bits per heavy atom. The van der Waals surface area contributed by atoms with Crippen molar-refractivity contribution in [1.82, 2.24) is 15.1 Å². The monoisotopic (exact) mass is 332 g/mol. The zero-order valence-corrected chi connectivity index (χ0v) is 15.5. The van der Waals surface area contributed by atoms with Crippen molar-refractivity contribution in [3.8, 4) is 5.75 Å². The number of ether oxygens (including phenoxy) is 1. The Morgan fingerprint density at radius 3 is 2.62 bits per heavy atom. The van der Waals surface area contributed by atoms with Crippen molar-refractivity contribution >= 4 is 5.96 Å². The predicted octanol–water partition coefficient (Wildman–Crippen LogP) is 2.45. The third kappa shape index (κ3) is 6.04. The van der Waals surface area contributed by atoms with Gasteiger partial charge in [0.2, 0.25) is 0 Å². The van der Waals surface area contributed by atoms with Crippen LogP contribution in [-0.4, -0.2) is 68.2 Å². The molecule has 1 unspecified atom stereocenters. The number of likely N-dealkylation sites (N-methyl/N-ethyl adjacent to an activating group) is 2. The van der Waals surface area contributed by atoms with Gasteiger partial charge in [0.25, 0.3) is 0 Å². The molecule has 0 aromatic heterocycles. The van der Waals surface area contributed by atoms with E-state index in [1.54, 1.807) is 0 Å². The van der Waals surface area contributed by atoms with E-state index in [2.05, 4.69) is 43.1 Å². The van der Waals surface area contributed by atoms with Crippen LogP contribution >= 0.6 is 0 Å². The Morgan fingerprint density at radius 1 is 1.29 bits per heavy atom. The van der Waals surface area contributed by atoms with Crippen molar-refractivity contribution in [1.29, 1.82) is 0 Å². The van der Waals surface area contributed by atoms with E-state index in [4.69, 9.17) is 9.73 Å². The highest BCUT2D eigenvalue weighted by atomic mass is 16.5. The smallest absolute Gasteiger partial charge is 0.193 e. The van der Waals surface area contributed by atoms with Gasteiger partial charge in [-0.15, -0.1) is 0 Å². The van der Waals surface area contributed by atoms with Crippen LogP contribution in [-0.2, 0) is 0 Å². The minimum absolute atomic E-state index is 0.472. The molecule has 5 nitrogen and oxygen atoms in total. The summed E-state index contributed by atoms with van der Waals surface area (Å²) in [5, 5.41) is 3.37. The van der Waals surface area contributed by atoms with Gasteiger partial charge in [-0.2, -0.15) is 0 Å². The number of para-hydroxylation sites is 1. The summed E-state index contributed by atoms with van der Waals surface area (Å²) in [5.41, 5.74) is 0. The van der Waals surface area contributed by atoms with Crippen molar-refractivity contribution in [3.05, 3.63) is 30.3 Å². The average molecular weight is 332 g/mol. The molecule has 0 bridgehead atoms. The first-order chi connectivity index (χ1) is 11.6. The highest BCUT2D eigenvalue weighted by Gasteiger charge is 2.28. The van der Waals surface area contributed by atoms with Crippen molar-refractivity contribution in [2.24, 2.45) is 4.99 Å². The zero-order valence-electron chi connectivity index (χ0n) is 15.5. The fraction of sp³-hybridized carbons (Fsp3) is 0.632. The molecular weight excluding hydrogens is 300 g/mol. The maximum atomic E-state index is 5.78. The fourth-order valence-corrected chi connectivity index (χ4v) is 2.58. The van der Waals surface area contributed by atoms with Gasteiger partial charge in [0.15, 0.2) is 5.96 Å². The Balaban J connectivity index is 1.79. The first kappa shape index (κ1) is 18.6. The largest absolute Gasteiger partial charge is 0.492 e. The normalized spacial score (nSPS) is 16.1. The van der Waals surface area contributed by atoms with Crippen molar-refractivity contribution in [3.63, 3.8) is 0 Å². The van der Waals surface area contributed by atoms with Gasteiger partial charge in [0.05, 0.1) is 13.1 Å². The van der Waals surface area contributed by atoms with Crippen LogP contribution < -0.4 is 10.1 Å². The van der Waals surface area contributed by atoms with Gasteiger partial charge >= 0.3 is 0 Å². The van der Waals surface area contributed by atoms with Crippen LogP contribution in [0.15, 0.2) is 35.3 Å². The minimum Gasteiger partial charge on any atom is -0.492 e. The first-order valence-corrected chi connectivity index (χ1v) is 9.01. The van der Waals surface area contributed by atoms with Crippen molar-refractivity contribution in [2.75, 3.05) is 40.3 Å². The molecule has 0 heterocycles. The zero-order chi connectivity index (χ0) is 17.4. The Labute approximate surface area is 146 Å². The molecule has 2 rings (SSSR count). The molecule has 1 aliphatic rings. The molecule has 24 heavy (non-hydrogen) atoms. The summed E-state index contributed by atoms with van der Waals surface area (Å²) < 4.78 is 5.78. The molecule has 0 saturated heterocycles. The molecule has 1 atom stereocenters. The second-order valence-electron chi connectivity index (χ2n) is 6.52. The summed E-state index contributed by atoms with van der Waals surface area (Å²) in [4.78, 5) is 9.39. The standard InChI is InChI=1S/C19H32N4O/c1-5-20-19(21-15-16(2)23(4)17-11-12-17)22(3)13-14-24-18-9-7-6-8-10-18/h6-10,16-17H,5,11-15H2,1-4H3,(H,20,21). The molecule has 1 aromatic carbocycles. The van der Waals surface area contributed by atoms with E-state index >= 15 is 0 Å². The van der Waals surface area contributed by atoms with E-state index in [0.717, 1.165) is 37.4 Å². The molecule has 0 spiro atoms. The number of nitrogens with zero attached hydrogens (tertiary/aromatic N) is 3. The second-order valence-corrected chi connectivity index (χ2v) is 6.52. The molecular formula is C19H32N4O. The number of aliphatic imine (C=N–C) groups is 1. The Kier molecular flexibility index (Phi) is 7.37. The molecule has 5 heteroatoms. The van der Waals surface area contributed by atoms with Gasteiger partial charge in [0.1, 0.15) is 12.4 Å². The molecule has 1 N–H and O–H groups in total. The van der Waals surface area contributed by atoms with Gasteiger partial charge in [-0.1, -0.05) is 18.2 Å². The quantitative estimate of drug-likeness (QED) is 0.557. The second kappa shape index (κ2) is 9.52. The number of benzene rings is 1. The highest BCUT2D eigenvalue weighted by Crippen LogP contribution is 2.26. The molecule has 0 aliphatic heterocycles. The average Bonchev–Trinajstić information content (AvgIpc) is 3.43. The Bertz CT molecular complexity index is 501. The van der Waals surface area contributed by atoms with Crippen LogP contribution in [0, 0.1) is 0 Å². The fourth-order valence-electron chi connectivity index (χ4n) is 2.58. The van der Waals surface area contributed by atoms with Gasteiger partial charge in [0, 0.05) is 25.7 Å². The number of nitrogens with one attached hydrogen (secondary N) is 1. The van der Waals surface area contributed by atoms with Crippen molar-refractivity contribution < 1.29 is 4.74 Å². The number of rotatable bonds is 9. The molecule has 1 fully saturated rings. The minimum atomic E-state index is 0.472. The van der Waals surface area contributed by atoms with E-state index in [1.807, 2.05) is 30.3 Å². The van der Waals surface area contributed by atoms with Gasteiger partial charge in [-0.05, 0) is 45.9 Å². The summed E-state index contributed by atoms with van der Waals surface area (Å²) in [6, 6.07) is 11.2. The molecule has 1 saturated carbocycles. The third-order valence-electron chi connectivity index (χ3n) is 4.46. The van der Waals surface area contributed by atoms with Crippen LogP contribution in [0.5, 0.6) is 5.75 Å². The summed E-state index contributed by atoms with van der Waals surface area (Å²) in [6.07, 6.45) is 2.67. The molecule has 1 aromatic rings. The van der Waals surface area contributed by atoms with Crippen LogP contribution in [0.1, 0.15) is 26.7 Å². The number of hydrogen-bond donors (Lipinski definition) is 1. The van der Waals surface area contributed by atoms with E-state index in [1.165, 1.54) is 12.8 Å². The maximum absolute atomic E-state index is 5.78. The van der Waals surface area contributed by atoms with E-state index in [0.29, 0.717) is 12.6 Å². The molecule has 134 valence electrons. The van der Waals surface area contributed by atoms with Crippen LogP contribution in [0.3, 0.4) is 0 Å². The lowest BCUT2D eigenvalue weighted by Gasteiger charge is -2.25. The topological polar surface area (TPSA) is 40.1 Å². The Hall–Kier alpha value is -1.75. The summed E-state index contributed by atoms with van der Waals surface area (Å²) >= 11 is 0. The van der Waals surface area contributed by atoms with E-state index < -0.39 is 0 Å². The van der Waals surface area contributed by atoms with E-state index in [9.17, 15) is 0 Å². The lowest BCUT2D eigenvalue weighted by atomic mass is 10.3. The van der Waals surface area contributed by atoms with Gasteiger partial charge in [-0.3, -0.25) is 9.89 Å². The maximum Gasteiger partial charge on any atom is 0.193 e. The third-order valence-corrected chi connectivity index (χ3v) is 4.46. The SMILES string of the molecule is CCNC(=NCC(C)N(C)C1CC1)N(C)CCOc1ccccc1. The summed E-state index contributed by atoms with van der Waals surface area (Å²) in [6.45, 7) is 7.48. The van der Waals surface area contributed by atoms with Crippen LogP contribution in [0.2, 0.25) is 0 Å². The predicted molar refractivity (Wildman–Crippen MR) is 101 cm³/mol. The van der Waals surface area contributed by atoms with E-state index in [-0.39, 0.29) is 0 Å².